The highest BCUT2D eigenvalue weighted by molar-refractivity contribution is 5.95. The van der Waals surface area contributed by atoms with Crippen molar-refractivity contribution in [2.75, 3.05) is 25.0 Å². The van der Waals surface area contributed by atoms with Crippen LogP contribution in [0.2, 0.25) is 0 Å². The van der Waals surface area contributed by atoms with Crippen molar-refractivity contribution < 1.29 is 9.59 Å². The molecule has 0 aliphatic carbocycles. The zero-order valence-electron chi connectivity index (χ0n) is 11.1. The number of hydrogen-bond donors (Lipinski definition) is 0. The van der Waals surface area contributed by atoms with E-state index in [1.54, 1.807) is 16.8 Å². The SMILES string of the molecule is C=CC(=O)N1CCC(C(=O)N(C)c2ccccc2)C1. The fourth-order valence-corrected chi connectivity index (χ4v) is 2.34. The van der Waals surface area contributed by atoms with E-state index >= 15 is 0 Å². The van der Waals surface area contributed by atoms with Crippen molar-refractivity contribution in [1.29, 1.82) is 0 Å². The first kappa shape index (κ1) is 13.3. The molecule has 2 amide bonds. The Morgan fingerprint density at radius 1 is 1.37 bits per heavy atom. The molecule has 4 heteroatoms. The van der Waals surface area contributed by atoms with Crippen LogP contribution in [0.4, 0.5) is 5.69 Å². The number of carbonyl (C=O) groups excluding carboxylic acids is 2. The lowest BCUT2D eigenvalue weighted by molar-refractivity contribution is -0.125. The highest BCUT2D eigenvalue weighted by Gasteiger charge is 2.32. The van der Waals surface area contributed by atoms with Crippen molar-refractivity contribution in [3.05, 3.63) is 43.0 Å². The van der Waals surface area contributed by atoms with Crippen LogP contribution in [0.3, 0.4) is 0 Å². The molecule has 0 spiro atoms. The minimum Gasteiger partial charge on any atom is -0.338 e. The summed E-state index contributed by atoms with van der Waals surface area (Å²) in [4.78, 5) is 27.2. The second-order valence-electron chi connectivity index (χ2n) is 4.71. The number of likely N-dealkylation sites (tertiary alicyclic amines) is 1. The van der Waals surface area contributed by atoms with Crippen LogP contribution in [0.15, 0.2) is 43.0 Å². The van der Waals surface area contributed by atoms with Crippen LogP contribution in [-0.4, -0.2) is 36.9 Å². The zero-order valence-corrected chi connectivity index (χ0v) is 11.1. The Bertz CT molecular complexity index is 484. The van der Waals surface area contributed by atoms with Gasteiger partial charge in [0.25, 0.3) is 0 Å². The first-order valence-electron chi connectivity index (χ1n) is 6.37. The summed E-state index contributed by atoms with van der Waals surface area (Å²) in [6, 6.07) is 9.53. The van der Waals surface area contributed by atoms with E-state index in [0.717, 1.165) is 12.1 Å². The summed E-state index contributed by atoms with van der Waals surface area (Å²) in [6.45, 7) is 4.59. The number of nitrogens with zero attached hydrogens (tertiary/aromatic N) is 2. The van der Waals surface area contributed by atoms with Gasteiger partial charge in [-0.15, -0.1) is 0 Å². The summed E-state index contributed by atoms with van der Waals surface area (Å²) in [5.41, 5.74) is 0.876. The quantitative estimate of drug-likeness (QED) is 0.774. The normalized spacial score (nSPS) is 18.2. The molecule has 0 radical (unpaired) electrons. The minimum absolute atomic E-state index is 0.0607. The molecule has 1 aromatic rings. The van der Waals surface area contributed by atoms with Crippen molar-refractivity contribution in [1.82, 2.24) is 4.90 Å². The Balaban J connectivity index is 2.02. The van der Waals surface area contributed by atoms with E-state index in [-0.39, 0.29) is 17.7 Å². The average Bonchev–Trinajstić information content (AvgIpc) is 2.95. The summed E-state index contributed by atoms with van der Waals surface area (Å²) < 4.78 is 0. The summed E-state index contributed by atoms with van der Waals surface area (Å²) in [5.74, 6) is -0.155. The van der Waals surface area contributed by atoms with Gasteiger partial charge >= 0.3 is 0 Å². The van der Waals surface area contributed by atoms with Gasteiger partial charge in [-0.3, -0.25) is 9.59 Å². The Kier molecular flexibility index (Phi) is 4.00. The molecule has 19 heavy (non-hydrogen) atoms. The Morgan fingerprint density at radius 3 is 2.68 bits per heavy atom. The van der Waals surface area contributed by atoms with Gasteiger partial charge in [-0.2, -0.15) is 0 Å². The van der Waals surface area contributed by atoms with Gasteiger partial charge in [0.15, 0.2) is 0 Å². The molecule has 1 fully saturated rings. The van der Waals surface area contributed by atoms with Gasteiger partial charge in [0, 0.05) is 25.8 Å². The highest BCUT2D eigenvalue weighted by atomic mass is 16.2. The van der Waals surface area contributed by atoms with Gasteiger partial charge in [0.1, 0.15) is 0 Å². The van der Waals surface area contributed by atoms with Crippen molar-refractivity contribution in [3.63, 3.8) is 0 Å². The molecule has 4 nitrogen and oxygen atoms in total. The van der Waals surface area contributed by atoms with Gasteiger partial charge in [-0.05, 0) is 24.6 Å². The number of para-hydroxylation sites is 1. The lowest BCUT2D eigenvalue weighted by Gasteiger charge is -2.21. The molecular formula is C15H18N2O2. The fraction of sp³-hybridized carbons (Fsp3) is 0.333. The lowest BCUT2D eigenvalue weighted by atomic mass is 10.1. The van der Waals surface area contributed by atoms with E-state index in [2.05, 4.69) is 6.58 Å². The Hall–Kier alpha value is -2.10. The Labute approximate surface area is 113 Å². The van der Waals surface area contributed by atoms with Gasteiger partial charge in [-0.25, -0.2) is 0 Å². The summed E-state index contributed by atoms with van der Waals surface area (Å²) in [6.07, 6.45) is 2.02. The third-order valence-corrected chi connectivity index (χ3v) is 3.50. The largest absolute Gasteiger partial charge is 0.338 e. The van der Waals surface area contributed by atoms with Gasteiger partial charge in [-0.1, -0.05) is 24.8 Å². The predicted molar refractivity (Wildman–Crippen MR) is 74.7 cm³/mol. The fourth-order valence-electron chi connectivity index (χ4n) is 2.34. The second-order valence-corrected chi connectivity index (χ2v) is 4.71. The minimum atomic E-state index is -0.117. The van der Waals surface area contributed by atoms with E-state index in [1.165, 1.54) is 6.08 Å². The maximum absolute atomic E-state index is 12.4. The smallest absolute Gasteiger partial charge is 0.245 e. The van der Waals surface area contributed by atoms with Crippen molar-refractivity contribution in [2.24, 2.45) is 5.92 Å². The van der Waals surface area contributed by atoms with Crippen LogP contribution in [-0.2, 0) is 9.59 Å². The first-order chi connectivity index (χ1) is 9.13. The molecule has 1 atom stereocenters. The van der Waals surface area contributed by atoms with Crippen molar-refractivity contribution in [3.8, 4) is 0 Å². The number of carbonyl (C=O) groups is 2. The van der Waals surface area contributed by atoms with E-state index in [4.69, 9.17) is 0 Å². The zero-order chi connectivity index (χ0) is 13.8. The first-order valence-corrected chi connectivity index (χ1v) is 6.37. The average molecular weight is 258 g/mol. The van der Waals surface area contributed by atoms with E-state index in [0.29, 0.717) is 13.1 Å². The molecule has 1 aliphatic rings. The van der Waals surface area contributed by atoms with Gasteiger partial charge < -0.3 is 9.80 Å². The van der Waals surface area contributed by atoms with Crippen LogP contribution >= 0.6 is 0 Å². The predicted octanol–water partition coefficient (Wildman–Crippen LogP) is 1.68. The summed E-state index contributed by atoms with van der Waals surface area (Å²) >= 11 is 0. The number of benzene rings is 1. The second kappa shape index (κ2) is 5.69. The monoisotopic (exact) mass is 258 g/mol. The topological polar surface area (TPSA) is 40.6 Å². The highest BCUT2D eigenvalue weighted by Crippen LogP contribution is 2.21. The number of hydrogen-bond acceptors (Lipinski definition) is 2. The van der Waals surface area contributed by atoms with Crippen LogP contribution in [0.25, 0.3) is 0 Å². The van der Waals surface area contributed by atoms with Crippen molar-refractivity contribution >= 4 is 17.5 Å². The summed E-state index contributed by atoms with van der Waals surface area (Å²) in [5, 5.41) is 0. The van der Waals surface area contributed by atoms with Crippen LogP contribution < -0.4 is 4.90 Å². The maximum Gasteiger partial charge on any atom is 0.245 e. The molecule has 2 rings (SSSR count). The molecule has 1 aliphatic heterocycles. The van der Waals surface area contributed by atoms with Gasteiger partial charge in [0.05, 0.1) is 5.92 Å². The third-order valence-electron chi connectivity index (χ3n) is 3.50. The van der Waals surface area contributed by atoms with E-state index in [1.807, 2.05) is 30.3 Å². The number of amides is 2. The third kappa shape index (κ3) is 2.84. The lowest BCUT2D eigenvalue weighted by Crippen LogP contribution is -2.35. The van der Waals surface area contributed by atoms with Gasteiger partial charge in [0.2, 0.25) is 11.8 Å². The van der Waals surface area contributed by atoms with Crippen LogP contribution in [0.1, 0.15) is 6.42 Å². The molecule has 1 heterocycles. The number of rotatable bonds is 3. The standard InChI is InChI=1S/C15H18N2O2/c1-3-14(18)17-10-9-12(11-17)15(19)16(2)13-7-5-4-6-8-13/h3-8,12H,1,9-11H2,2H3. The van der Waals surface area contributed by atoms with Crippen LogP contribution in [0.5, 0.6) is 0 Å². The molecule has 1 aromatic carbocycles. The van der Waals surface area contributed by atoms with Crippen molar-refractivity contribution in [2.45, 2.75) is 6.42 Å². The molecule has 0 aromatic heterocycles. The molecular weight excluding hydrogens is 240 g/mol. The van der Waals surface area contributed by atoms with E-state index < -0.39 is 0 Å². The molecule has 0 saturated carbocycles. The molecule has 0 N–H and O–H groups in total. The van der Waals surface area contributed by atoms with E-state index in [9.17, 15) is 9.59 Å². The van der Waals surface area contributed by atoms with Crippen LogP contribution in [0, 0.1) is 5.92 Å². The molecule has 0 bridgehead atoms. The molecule has 100 valence electrons. The Morgan fingerprint density at radius 2 is 2.05 bits per heavy atom. The number of anilines is 1. The molecule has 1 saturated heterocycles. The molecule has 1 unspecified atom stereocenters. The summed E-state index contributed by atoms with van der Waals surface area (Å²) in [7, 11) is 1.77. The maximum atomic E-state index is 12.4.